The molecule has 2 rings (SSSR count). The molecule has 2 unspecified atom stereocenters. The zero-order valence-electron chi connectivity index (χ0n) is 12.7. The second-order valence-corrected chi connectivity index (χ2v) is 7.11. The molecule has 3 heteroatoms. The van der Waals surface area contributed by atoms with E-state index in [1.807, 2.05) is 0 Å². The number of hydrogen-bond acceptors (Lipinski definition) is 1. The van der Waals surface area contributed by atoms with Crippen molar-refractivity contribution >= 4 is 17.5 Å². The van der Waals surface area contributed by atoms with Crippen molar-refractivity contribution in [3.05, 3.63) is 0 Å². The summed E-state index contributed by atoms with van der Waals surface area (Å²) in [6.07, 6.45) is 13.7. The molecule has 2 atom stereocenters. The number of carbonyl (C=O) groups is 1. The lowest BCUT2D eigenvalue weighted by atomic mass is 9.80. The molecule has 0 aliphatic heterocycles. The molecule has 0 bridgehead atoms. The largest absolute Gasteiger partial charge is 0.356 e. The van der Waals surface area contributed by atoms with Crippen LogP contribution < -0.4 is 5.32 Å². The van der Waals surface area contributed by atoms with E-state index < -0.39 is 0 Å². The molecule has 2 aliphatic carbocycles. The monoisotopic (exact) mass is 299 g/mol. The predicted molar refractivity (Wildman–Crippen MR) is 85.0 cm³/mol. The Morgan fingerprint density at radius 1 is 0.950 bits per heavy atom. The van der Waals surface area contributed by atoms with Crippen molar-refractivity contribution in [2.75, 3.05) is 12.4 Å². The van der Waals surface area contributed by atoms with E-state index in [0.29, 0.717) is 11.8 Å². The second-order valence-electron chi connectivity index (χ2n) is 6.81. The van der Waals surface area contributed by atoms with E-state index in [4.69, 9.17) is 11.6 Å². The molecule has 1 amide bonds. The minimum Gasteiger partial charge on any atom is -0.356 e. The standard InChI is InChI=1S/C17H30ClNO/c18-12-15-8-4-5-9-16(15)13-19-17(20)11-10-14-6-2-1-3-7-14/h14-16H,1-13H2,(H,19,20). The molecule has 116 valence electrons. The van der Waals surface area contributed by atoms with Gasteiger partial charge in [-0.05, 0) is 37.0 Å². The Balaban J connectivity index is 1.61. The van der Waals surface area contributed by atoms with Gasteiger partial charge in [-0.1, -0.05) is 44.9 Å². The van der Waals surface area contributed by atoms with E-state index in [0.717, 1.165) is 31.2 Å². The third-order valence-electron chi connectivity index (χ3n) is 5.33. The maximum atomic E-state index is 12.0. The van der Waals surface area contributed by atoms with Crippen LogP contribution in [0.5, 0.6) is 0 Å². The summed E-state index contributed by atoms with van der Waals surface area (Å²) < 4.78 is 0. The van der Waals surface area contributed by atoms with Crippen LogP contribution in [-0.2, 0) is 4.79 Å². The van der Waals surface area contributed by atoms with Crippen LogP contribution in [0.25, 0.3) is 0 Å². The lowest BCUT2D eigenvalue weighted by molar-refractivity contribution is -0.121. The molecule has 0 aromatic rings. The van der Waals surface area contributed by atoms with Gasteiger partial charge in [0.2, 0.25) is 5.91 Å². The summed E-state index contributed by atoms with van der Waals surface area (Å²) in [6, 6.07) is 0. The van der Waals surface area contributed by atoms with Gasteiger partial charge in [0.15, 0.2) is 0 Å². The second kappa shape index (κ2) is 8.92. The highest BCUT2D eigenvalue weighted by atomic mass is 35.5. The molecule has 0 spiro atoms. The minimum absolute atomic E-state index is 0.259. The molecule has 0 heterocycles. The smallest absolute Gasteiger partial charge is 0.220 e. The fraction of sp³-hybridized carbons (Fsp3) is 0.941. The van der Waals surface area contributed by atoms with Crippen LogP contribution in [0.2, 0.25) is 0 Å². The summed E-state index contributed by atoms with van der Waals surface area (Å²) in [5, 5.41) is 3.16. The molecule has 2 saturated carbocycles. The molecule has 0 saturated heterocycles. The van der Waals surface area contributed by atoms with E-state index in [9.17, 15) is 4.79 Å². The highest BCUT2D eigenvalue weighted by Gasteiger charge is 2.24. The number of hydrogen-bond donors (Lipinski definition) is 1. The summed E-state index contributed by atoms with van der Waals surface area (Å²) in [5.41, 5.74) is 0. The maximum absolute atomic E-state index is 12.0. The molecule has 0 radical (unpaired) electrons. The molecule has 0 aromatic carbocycles. The van der Waals surface area contributed by atoms with E-state index in [1.54, 1.807) is 0 Å². The van der Waals surface area contributed by atoms with E-state index in [1.165, 1.54) is 57.8 Å². The van der Waals surface area contributed by atoms with Crippen LogP contribution in [0.3, 0.4) is 0 Å². The van der Waals surface area contributed by atoms with Gasteiger partial charge in [-0.25, -0.2) is 0 Å². The number of halogens is 1. The molecule has 2 nitrogen and oxygen atoms in total. The summed E-state index contributed by atoms with van der Waals surface area (Å²) in [4.78, 5) is 12.0. The maximum Gasteiger partial charge on any atom is 0.220 e. The Kier molecular flexibility index (Phi) is 7.19. The Morgan fingerprint density at radius 3 is 2.30 bits per heavy atom. The highest BCUT2D eigenvalue weighted by molar-refractivity contribution is 6.18. The fourth-order valence-corrected chi connectivity index (χ4v) is 4.31. The van der Waals surface area contributed by atoms with Gasteiger partial charge in [-0.3, -0.25) is 4.79 Å². The van der Waals surface area contributed by atoms with Crippen LogP contribution in [0, 0.1) is 17.8 Å². The van der Waals surface area contributed by atoms with Crippen molar-refractivity contribution < 1.29 is 4.79 Å². The minimum atomic E-state index is 0.259. The summed E-state index contributed by atoms with van der Waals surface area (Å²) in [7, 11) is 0. The number of alkyl halides is 1. The van der Waals surface area contributed by atoms with E-state index >= 15 is 0 Å². The van der Waals surface area contributed by atoms with E-state index in [-0.39, 0.29) is 5.91 Å². The first-order valence-corrected chi connectivity index (χ1v) is 9.15. The highest BCUT2D eigenvalue weighted by Crippen LogP contribution is 2.30. The third kappa shape index (κ3) is 5.27. The van der Waals surface area contributed by atoms with Crippen molar-refractivity contribution in [3.63, 3.8) is 0 Å². The van der Waals surface area contributed by atoms with Gasteiger partial charge in [0, 0.05) is 18.8 Å². The Morgan fingerprint density at radius 2 is 1.60 bits per heavy atom. The first-order chi connectivity index (χ1) is 9.79. The first-order valence-electron chi connectivity index (χ1n) is 8.62. The zero-order valence-corrected chi connectivity index (χ0v) is 13.5. The summed E-state index contributed by atoms with van der Waals surface area (Å²) in [5.74, 6) is 3.04. The number of carbonyl (C=O) groups excluding carboxylic acids is 1. The Bertz CT molecular complexity index is 289. The van der Waals surface area contributed by atoms with Gasteiger partial charge in [0.05, 0.1) is 0 Å². The van der Waals surface area contributed by atoms with Crippen molar-refractivity contribution in [1.29, 1.82) is 0 Å². The average molecular weight is 300 g/mol. The van der Waals surface area contributed by atoms with Crippen molar-refractivity contribution in [2.45, 2.75) is 70.6 Å². The van der Waals surface area contributed by atoms with Crippen LogP contribution in [-0.4, -0.2) is 18.3 Å². The Labute approximate surface area is 129 Å². The van der Waals surface area contributed by atoms with Gasteiger partial charge in [-0.15, -0.1) is 11.6 Å². The van der Waals surface area contributed by atoms with Gasteiger partial charge in [0.25, 0.3) is 0 Å². The Hall–Kier alpha value is -0.240. The number of nitrogens with one attached hydrogen (secondary N) is 1. The normalized spacial score (nSPS) is 28.2. The molecule has 1 N–H and O–H groups in total. The quantitative estimate of drug-likeness (QED) is 0.718. The molecule has 0 aromatic heterocycles. The molecular weight excluding hydrogens is 270 g/mol. The molecule has 2 aliphatic rings. The summed E-state index contributed by atoms with van der Waals surface area (Å²) >= 11 is 6.04. The molecular formula is C17H30ClNO. The first kappa shape index (κ1) is 16.1. The molecule has 20 heavy (non-hydrogen) atoms. The van der Waals surface area contributed by atoms with Crippen LogP contribution in [0.15, 0.2) is 0 Å². The van der Waals surface area contributed by atoms with E-state index in [2.05, 4.69) is 5.32 Å². The van der Waals surface area contributed by atoms with Crippen LogP contribution >= 0.6 is 11.6 Å². The SMILES string of the molecule is O=C(CCC1CCCCC1)NCC1CCCCC1CCl. The van der Waals surface area contributed by atoms with Gasteiger partial charge < -0.3 is 5.32 Å². The fourth-order valence-electron chi connectivity index (χ4n) is 3.90. The predicted octanol–water partition coefficient (Wildman–Crippen LogP) is 4.51. The molecule has 2 fully saturated rings. The van der Waals surface area contributed by atoms with Crippen molar-refractivity contribution in [1.82, 2.24) is 5.32 Å². The van der Waals surface area contributed by atoms with Crippen molar-refractivity contribution in [2.24, 2.45) is 17.8 Å². The van der Waals surface area contributed by atoms with Gasteiger partial charge in [-0.2, -0.15) is 0 Å². The lowest BCUT2D eigenvalue weighted by Gasteiger charge is -2.30. The topological polar surface area (TPSA) is 29.1 Å². The number of rotatable bonds is 6. The van der Waals surface area contributed by atoms with Crippen LogP contribution in [0.1, 0.15) is 70.6 Å². The van der Waals surface area contributed by atoms with Gasteiger partial charge in [0.1, 0.15) is 0 Å². The lowest BCUT2D eigenvalue weighted by Crippen LogP contribution is -2.35. The third-order valence-corrected chi connectivity index (χ3v) is 5.73. The average Bonchev–Trinajstić information content (AvgIpc) is 2.52. The van der Waals surface area contributed by atoms with Crippen molar-refractivity contribution in [3.8, 4) is 0 Å². The van der Waals surface area contributed by atoms with Crippen LogP contribution in [0.4, 0.5) is 0 Å². The number of amides is 1. The summed E-state index contributed by atoms with van der Waals surface area (Å²) in [6.45, 7) is 0.848. The van der Waals surface area contributed by atoms with Gasteiger partial charge >= 0.3 is 0 Å². The zero-order chi connectivity index (χ0) is 14.2.